The van der Waals surface area contributed by atoms with Gasteiger partial charge in [0, 0.05) is 12.1 Å². The lowest BCUT2D eigenvalue weighted by atomic mass is 9.99. The highest BCUT2D eigenvalue weighted by atomic mass is 19.3. The van der Waals surface area contributed by atoms with E-state index >= 15 is 8.78 Å². The molecule has 2 heterocycles. The molecule has 10 heteroatoms. The summed E-state index contributed by atoms with van der Waals surface area (Å²) in [7, 11) is 0. The summed E-state index contributed by atoms with van der Waals surface area (Å²) in [6, 6.07) is 14.0. The molecule has 1 saturated heterocycles. The number of amides is 1. The van der Waals surface area contributed by atoms with Crippen molar-refractivity contribution in [2.75, 3.05) is 32.8 Å². The normalized spacial score (nSPS) is 16.9. The van der Waals surface area contributed by atoms with Gasteiger partial charge in [-0.3, -0.25) is 4.79 Å². The highest BCUT2D eigenvalue weighted by Gasteiger charge is 2.43. The molecular weight excluding hydrogens is 513 g/mol. The van der Waals surface area contributed by atoms with E-state index < -0.39 is 35.4 Å². The molecule has 0 radical (unpaired) electrons. The molecule has 2 aliphatic heterocycles. The average Bonchev–Trinajstić information content (AvgIpc) is 3.46. The van der Waals surface area contributed by atoms with E-state index in [9.17, 15) is 14.3 Å². The quantitative estimate of drug-likeness (QED) is 0.405. The van der Waals surface area contributed by atoms with Gasteiger partial charge < -0.3 is 29.5 Å². The SMILES string of the molecule is O=C(N[C@H](CN1CCCC1)[C@H](O)c1ccc2c(c1)OCCO2)C(F)(F)c1cccc(Oc2ccc(F)cc2)c1. The molecule has 0 unspecified atom stereocenters. The van der Waals surface area contributed by atoms with Crippen molar-refractivity contribution in [2.45, 2.75) is 30.9 Å². The maximum absolute atomic E-state index is 15.4. The molecule has 2 aliphatic rings. The van der Waals surface area contributed by atoms with Gasteiger partial charge in [0.1, 0.15) is 36.6 Å². The Kier molecular flexibility index (Phi) is 7.94. The topological polar surface area (TPSA) is 80.3 Å². The second-order valence-electron chi connectivity index (χ2n) is 9.59. The highest BCUT2D eigenvalue weighted by molar-refractivity contribution is 5.85. The van der Waals surface area contributed by atoms with E-state index in [4.69, 9.17) is 14.2 Å². The number of benzene rings is 3. The van der Waals surface area contributed by atoms with E-state index in [2.05, 4.69) is 5.32 Å². The molecule has 0 aromatic heterocycles. The molecule has 206 valence electrons. The smallest absolute Gasteiger partial charge is 0.349 e. The molecular formula is C29H29F3N2O5. The van der Waals surface area contributed by atoms with Crippen LogP contribution in [0.3, 0.4) is 0 Å². The summed E-state index contributed by atoms with van der Waals surface area (Å²) in [5.41, 5.74) is -0.157. The van der Waals surface area contributed by atoms with Gasteiger partial charge in [-0.2, -0.15) is 8.78 Å². The van der Waals surface area contributed by atoms with Gasteiger partial charge in [0.25, 0.3) is 5.91 Å². The first-order valence-electron chi connectivity index (χ1n) is 12.8. The number of aliphatic hydroxyl groups excluding tert-OH is 1. The molecule has 2 atom stereocenters. The van der Waals surface area contributed by atoms with Crippen LogP contribution in [0.5, 0.6) is 23.0 Å². The van der Waals surface area contributed by atoms with Gasteiger partial charge in [-0.25, -0.2) is 4.39 Å². The largest absolute Gasteiger partial charge is 0.486 e. The van der Waals surface area contributed by atoms with E-state index in [1.807, 2.05) is 4.90 Å². The number of fused-ring (bicyclic) bond motifs is 1. The summed E-state index contributed by atoms with van der Waals surface area (Å²) in [5, 5.41) is 13.6. The van der Waals surface area contributed by atoms with Gasteiger partial charge >= 0.3 is 5.92 Å². The maximum atomic E-state index is 15.4. The number of carbonyl (C=O) groups is 1. The fraction of sp³-hybridized carbons (Fsp3) is 0.345. The molecule has 7 nitrogen and oxygen atoms in total. The number of likely N-dealkylation sites (tertiary alicyclic amines) is 1. The first kappa shape index (κ1) is 26.8. The predicted octanol–water partition coefficient (Wildman–Crippen LogP) is 4.80. The predicted molar refractivity (Wildman–Crippen MR) is 137 cm³/mol. The van der Waals surface area contributed by atoms with Gasteiger partial charge in [0.05, 0.1) is 6.04 Å². The monoisotopic (exact) mass is 542 g/mol. The molecule has 39 heavy (non-hydrogen) atoms. The van der Waals surface area contributed by atoms with Crippen LogP contribution in [0.25, 0.3) is 0 Å². The lowest BCUT2D eigenvalue weighted by molar-refractivity contribution is -0.149. The van der Waals surface area contributed by atoms with Crippen LogP contribution >= 0.6 is 0 Å². The van der Waals surface area contributed by atoms with Gasteiger partial charge in [-0.15, -0.1) is 0 Å². The third kappa shape index (κ3) is 6.29. The summed E-state index contributed by atoms with van der Waals surface area (Å²) in [5.74, 6) is -4.61. The van der Waals surface area contributed by atoms with Crippen molar-refractivity contribution < 1.29 is 37.3 Å². The number of hydrogen-bond donors (Lipinski definition) is 2. The van der Waals surface area contributed by atoms with Crippen molar-refractivity contribution in [2.24, 2.45) is 0 Å². The minimum atomic E-state index is -3.92. The third-order valence-corrected chi connectivity index (χ3v) is 6.79. The number of nitrogens with one attached hydrogen (secondary N) is 1. The molecule has 1 amide bonds. The van der Waals surface area contributed by atoms with Crippen molar-refractivity contribution in [3.63, 3.8) is 0 Å². The minimum absolute atomic E-state index is 0.0662. The fourth-order valence-electron chi connectivity index (χ4n) is 4.73. The van der Waals surface area contributed by atoms with Crippen molar-refractivity contribution in [1.29, 1.82) is 0 Å². The molecule has 3 aromatic rings. The van der Waals surface area contributed by atoms with Gasteiger partial charge in [0.2, 0.25) is 0 Å². The molecule has 3 aromatic carbocycles. The van der Waals surface area contributed by atoms with Gasteiger partial charge in [-0.1, -0.05) is 18.2 Å². The zero-order chi connectivity index (χ0) is 27.4. The number of rotatable bonds is 9. The van der Waals surface area contributed by atoms with Crippen molar-refractivity contribution in [3.8, 4) is 23.0 Å². The van der Waals surface area contributed by atoms with Gasteiger partial charge in [0.15, 0.2) is 11.5 Å². The summed E-state index contributed by atoms with van der Waals surface area (Å²) in [4.78, 5) is 15.0. The second kappa shape index (κ2) is 11.5. The molecule has 5 rings (SSSR count). The lowest BCUT2D eigenvalue weighted by Crippen LogP contribution is -2.50. The van der Waals surface area contributed by atoms with Crippen LogP contribution in [-0.2, 0) is 10.7 Å². The maximum Gasteiger partial charge on any atom is 0.349 e. The Hall–Kier alpha value is -3.76. The van der Waals surface area contributed by atoms with Crippen LogP contribution in [0, 0.1) is 5.82 Å². The minimum Gasteiger partial charge on any atom is -0.486 e. The van der Waals surface area contributed by atoms with Crippen molar-refractivity contribution in [1.82, 2.24) is 10.2 Å². The number of nitrogens with zero attached hydrogens (tertiary/aromatic N) is 1. The van der Waals surface area contributed by atoms with Crippen LogP contribution in [0.1, 0.15) is 30.1 Å². The summed E-state index contributed by atoms with van der Waals surface area (Å²) in [6.45, 7) is 2.47. The van der Waals surface area contributed by atoms with E-state index in [0.29, 0.717) is 30.3 Å². The molecule has 0 saturated carbocycles. The van der Waals surface area contributed by atoms with Crippen LogP contribution in [-0.4, -0.2) is 54.8 Å². The Morgan fingerprint density at radius 2 is 1.69 bits per heavy atom. The van der Waals surface area contributed by atoms with E-state index in [0.717, 1.165) is 38.1 Å². The summed E-state index contributed by atoms with van der Waals surface area (Å²) in [6.07, 6.45) is 0.643. The third-order valence-electron chi connectivity index (χ3n) is 6.79. The van der Waals surface area contributed by atoms with E-state index in [1.54, 1.807) is 18.2 Å². The summed E-state index contributed by atoms with van der Waals surface area (Å²) < 4.78 is 60.7. The van der Waals surface area contributed by atoms with E-state index in [-0.39, 0.29) is 18.0 Å². The fourth-order valence-corrected chi connectivity index (χ4v) is 4.73. The Morgan fingerprint density at radius 3 is 2.44 bits per heavy atom. The zero-order valence-corrected chi connectivity index (χ0v) is 21.1. The van der Waals surface area contributed by atoms with Crippen molar-refractivity contribution >= 4 is 5.91 Å². The zero-order valence-electron chi connectivity index (χ0n) is 21.1. The Bertz CT molecular complexity index is 1300. The lowest BCUT2D eigenvalue weighted by Gasteiger charge is -2.30. The Labute approximate surface area is 224 Å². The number of hydrogen-bond acceptors (Lipinski definition) is 6. The van der Waals surface area contributed by atoms with E-state index in [1.165, 1.54) is 36.4 Å². The number of ether oxygens (including phenoxy) is 3. The number of carbonyl (C=O) groups excluding carboxylic acids is 1. The first-order valence-corrected chi connectivity index (χ1v) is 12.8. The van der Waals surface area contributed by atoms with Crippen molar-refractivity contribution in [3.05, 3.63) is 83.7 Å². The van der Waals surface area contributed by atoms with Crippen LogP contribution in [0.2, 0.25) is 0 Å². The molecule has 0 spiro atoms. The Balaban J connectivity index is 1.34. The van der Waals surface area contributed by atoms with Crippen LogP contribution in [0.4, 0.5) is 13.2 Å². The average molecular weight is 543 g/mol. The Morgan fingerprint density at radius 1 is 0.974 bits per heavy atom. The second-order valence-corrected chi connectivity index (χ2v) is 9.59. The highest BCUT2D eigenvalue weighted by Crippen LogP contribution is 2.35. The number of aliphatic hydroxyl groups is 1. The molecule has 2 N–H and O–H groups in total. The molecule has 0 aliphatic carbocycles. The molecule has 0 bridgehead atoms. The molecule has 1 fully saturated rings. The number of alkyl halides is 2. The first-order chi connectivity index (χ1) is 18.8. The summed E-state index contributed by atoms with van der Waals surface area (Å²) >= 11 is 0. The van der Waals surface area contributed by atoms with Crippen LogP contribution < -0.4 is 19.5 Å². The standard InChI is InChI=1S/C29H29F3N2O5/c30-21-7-9-22(10-8-21)39-23-5-3-4-20(17-23)29(31,32)28(36)33-24(18-34-12-1-2-13-34)27(35)19-6-11-25-26(16-19)38-15-14-37-25/h3-11,16-17,24,27,35H,1-2,12-15,18H2,(H,33,36)/t24-,27-/m1/s1. The van der Waals surface area contributed by atoms with Gasteiger partial charge in [-0.05, 0) is 80.0 Å². The van der Waals surface area contributed by atoms with Crippen LogP contribution in [0.15, 0.2) is 66.7 Å². The number of halogens is 3.